The number of fused-ring (bicyclic) bond motifs is 6. The molecule has 3 aliphatic rings. The molecule has 0 aliphatic carbocycles. The monoisotopic (exact) mass is 862 g/mol. The van der Waals surface area contributed by atoms with Crippen LogP contribution in [0.1, 0.15) is 83.2 Å². The van der Waals surface area contributed by atoms with Crippen LogP contribution in [0, 0.1) is 23.7 Å². The fraction of sp³-hybridized carbons (Fsp3) is 0.489. The molecule has 4 amide bonds. The Balaban J connectivity index is 1.05. The maximum absolute atomic E-state index is 14.1. The van der Waals surface area contributed by atoms with Gasteiger partial charge in [-0.3, -0.25) is 9.59 Å². The first-order valence-corrected chi connectivity index (χ1v) is 21.9. The van der Waals surface area contributed by atoms with Crippen molar-refractivity contribution in [3.05, 3.63) is 65.9 Å². The van der Waals surface area contributed by atoms with E-state index >= 15 is 0 Å². The minimum Gasteiger partial charge on any atom is -0.488 e. The van der Waals surface area contributed by atoms with Crippen LogP contribution in [0.15, 0.2) is 48.7 Å². The van der Waals surface area contributed by atoms with Crippen molar-refractivity contribution in [2.75, 3.05) is 41.0 Å². The van der Waals surface area contributed by atoms with E-state index in [0.717, 1.165) is 68.3 Å². The van der Waals surface area contributed by atoms with E-state index in [2.05, 4.69) is 63.9 Å². The van der Waals surface area contributed by atoms with Gasteiger partial charge in [0.1, 0.15) is 36.1 Å². The SMILES string of the molecule is CC[C@H](C)[C@H](NC(=O)OC)C(=O)N1C[C@@H](C)C[C@H]1c1ncc(-c2ccc3c(c2)COc2cc4c(ccc5nc([C@@H]6C[C@H](COC)CN6C(=O)[C@@H](NC(=O)OC)C(C)C)[nH]c54)cc2-3)[nH]1. The molecule has 3 aliphatic heterocycles. The van der Waals surface area contributed by atoms with E-state index in [1.54, 1.807) is 7.11 Å². The highest BCUT2D eigenvalue weighted by Crippen LogP contribution is 2.44. The Bertz CT molecular complexity index is 2530. The molecular formula is C47H58N8O8. The molecule has 0 radical (unpaired) electrons. The second-order valence-corrected chi connectivity index (χ2v) is 17.8. The van der Waals surface area contributed by atoms with Crippen molar-refractivity contribution in [1.29, 1.82) is 0 Å². The number of aromatic amines is 2. The van der Waals surface area contributed by atoms with Gasteiger partial charge in [0.2, 0.25) is 11.8 Å². The van der Waals surface area contributed by atoms with Gasteiger partial charge in [-0.2, -0.15) is 0 Å². The van der Waals surface area contributed by atoms with Crippen LogP contribution < -0.4 is 15.4 Å². The third-order valence-electron chi connectivity index (χ3n) is 13.1. The number of hydrogen-bond donors (Lipinski definition) is 4. The maximum atomic E-state index is 14.1. The molecule has 0 spiro atoms. The van der Waals surface area contributed by atoms with E-state index in [9.17, 15) is 19.2 Å². The summed E-state index contributed by atoms with van der Waals surface area (Å²) in [5.74, 6) is 1.93. The van der Waals surface area contributed by atoms with Crippen molar-refractivity contribution in [3.8, 4) is 28.1 Å². The Kier molecular flexibility index (Phi) is 12.4. The number of alkyl carbamates (subject to hydrolysis) is 2. The Morgan fingerprint density at radius 2 is 1.57 bits per heavy atom. The summed E-state index contributed by atoms with van der Waals surface area (Å²) in [4.78, 5) is 73.0. The van der Waals surface area contributed by atoms with E-state index in [-0.39, 0.29) is 47.6 Å². The summed E-state index contributed by atoms with van der Waals surface area (Å²) in [6.45, 7) is 11.8. The lowest BCUT2D eigenvalue weighted by molar-refractivity contribution is -0.136. The number of methoxy groups -OCH3 is 3. The normalized spacial score (nSPS) is 20.8. The van der Waals surface area contributed by atoms with Gasteiger partial charge in [0, 0.05) is 37.1 Å². The molecule has 2 aromatic heterocycles. The van der Waals surface area contributed by atoms with Crippen LogP contribution in [0.4, 0.5) is 9.59 Å². The molecule has 2 saturated heterocycles. The fourth-order valence-electron chi connectivity index (χ4n) is 9.55. The molecule has 5 aromatic rings. The zero-order valence-electron chi connectivity index (χ0n) is 37.2. The molecule has 2 fully saturated rings. The van der Waals surface area contributed by atoms with Gasteiger partial charge < -0.3 is 49.3 Å². The first-order chi connectivity index (χ1) is 30.3. The Labute approximate surface area is 366 Å². The van der Waals surface area contributed by atoms with Gasteiger partial charge in [0.25, 0.3) is 0 Å². The predicted molar refractivity (Wildman–Crippen MR) is 237 cm³/mol. The van der Waals surface area contributed by atoms with Crippen LogP contribution >= 0.6 is 0 Å². The summed E-state index contributed by atoms with van der Waals surface area (Å²) in [7, 11) is 4.25. The number of nitrogens with one attached hydrogen (secondary N) is 4. The lowest BCUT2D eigenvalue weighted by Gasteiger charge is -2.30. The van der Waals surface area contributed by atoms with Crippen molar-refractivity contribution in [2.45, 2.75) is 84.7 Å². The van der Waals surface area contributed by atoms with Crippen LogP contribution in [0.3, 0.4) is 0 Å². The molecule has 5 heterocycles. The predicted octanol–water partition coefficient (Wildman–Crippen LogP) is 7.26. The smallest absolute Gasteiger partial charge is 0.407 e. The highest BCUT2D eigenvalue weighted by molar-refractivity contribution is 6.07. The Morgan fingerprint density at radius 1 is 0.857 bits per heavy atom. The van der Waals surface area contributed by atoms with Crippen LogP contribution in [0.2, 0.25) is 0 Å². The molecule has 63 heavy (non-hydrogen) atoms. The second kappa shape index (κ2) is 17.9. The summed E-state index contributed by atoms with van der Waals surface area (Å²) < 4.78 is 21.6. The third kappa shape index (κ3) is 8.40. The van der Waals surface area contributed by atoms with Crippen molar-refractivity contribution < 1.29 is 38.1 Å². The highest BCUT2D eigenvalue weighted by Gasteiger charge is 2.43. The topological polar surface area (TPSA) is 193 Å². The first kappa shape index (κ1) is 43.5. The number of imidazole rings is 2. The Morgan fingerprint density at radius 3 is 2.29 bits per heavy atom. The summed E-state index contributed by atoms with van der Waals surface area (Å²) in [6.07, 6.45) is 2.67. The molecule has 16 nitrogen and oxygen atoms in total. The van der Waals surface area contributed by atoms with Gasteiger partial charge in [-0.15, -0.1) is 0 Å². The largest absolute Gasteiger partial charge is 0.488 e. The zero-order valence-corrected chi connectivity index (χ0v) is 37.2. The average molecular weight is 863 g/mol. The van der Waals surface area contributed by atoms with Gasteiger partial charge >= 0.3 is 12.2 Å². The number of carbonyl (C=O) groups is 4. The van der Waals surface area contributed by atoms with Crippen LogP contribution in [-0.4, -0.2) is 107 Å². The molecule has 4 N–H and O–H groups in total. The minimum atomic E-state index is -0.762. The molecule has 0 unspecified atom stereocenters. The number of H-pyrrole nitrogens is 2. The number of amides is 4. The number of rotatable bonds is 12. The van der Waals surface area contributed by atoms with E-state index in [1.165, 1.54) is 14.2 Å². The Hall–Kier alpha value is -6.16. The number of benzene rings is 3. The van der Waals surface area contributed by atoms with E-state index in [4.69, 9.17) is 28.9 Å². The molecule has 0 saturated carbocycles. The van der Waals surface area contributed by atoms with Crippen molar-refractivity contribution in [2.24, 2.45) is 23.7 Å². The van der Waals surface area contributed by atoms with Gasteiger partial charge in [-0.05, 0) is 76.9 Å². The summed E-state index contributed by atoms with van der Waals surface area (Å²) in [6, 6.07) is 12.5. The molecule has 334 valence electrons. The minimum absolute atomic E-state index is 0.0789. The van der Waals surface area contributed by atoms with Crippen molar-refractivity contribution in [3.63, 3.8) is 0 Å². The molecule has 0 bridgehead atoms. The quantitative estimate of drug-likeness (QED) is 0.0992. The second-order valence-electron chi connectivity index (χ2n) is 17.8. The lowest BCUT2D eigenvalue weighted by Crippen LogP contribution is -2.51. The van der Waals surface area contributed by atoms with Crippen LogP contribution in [-0.2, 0) is 30.4 Å². The summed E-state index contributed by atoms with van der Waals surface area (Å²) >= 11 is 0. The van der Waals surface area contributed by atoms with Crippen LogP contribution in [0.5, 0.6) is 5.75 Å². The first-order valence-electron chi connectivity index (χ1n) is 21.9. The summed E-state index contributed by atoms with van der Waals surface area (Å²) in [5.41, 5.74) is 6.52. The number of aromatic nitrogens is 4. The van der Waals surface area contributed by atoms with E-state index < -0.39 is 24.3 Å². The van der Waals surface area contributed by atoms with Gasteiger partial charge in [-0.1, -0.05) is 59.2 Å². The molecule has 8 rings (SSSR count). The number of carbonyl (C=O) groups excluding carboxylic acids is 4. The number of nitrogens with zero attached hydrogens (tertiary/aromatic N) is 4. The maximum Gasteiger partial charge on any atom is 0.407 e. The molecule has 3 aromatic carbocycles. The van der Waals surface area contributed by atoms with Gasteiger partial charge in [0.05, 0.1) is 55.8 Å². The highest BCUT2D eigenvalue weighted by atomic mass is 16.5. The van der Waals surface area contributed by atoms with Gasteiger partial charge in [-0.25, -0.2) is 19.6 Å². The van der Waals surface area contributed by atoms with E-state index in [1.807, 2.05) is 49.8 Å². The lowest BCUT2D eigenvalue weighted by atomic mass is 9.92. The number of hydrogen-bond acceptors (Lipinski definition) is 10. The third-order valence-corrected chi connectivity index (χ3v) is 13.1. The standard InChI is InChI=1S/C47H58N8O8/c1-9-26(5)40(53-47(59)62-8)45(57)54-20-25(4)14-36(54)42-48-19-35(50-42)29-10-12-31-30(16-29)23-63-38-18-32-28(17-33(31)38)11-13-34-41(32)51-43(49-34)37-15-27(22-60-6)21-55(37)44(56)39(24(2)3)52-46(58)61-7/h10-13,16-19,24-27,36-37,39-40H,9,14-15,20-23H2,1-8H3,(H,48,50)(H,49,51)(H,52,58)(H,53,59)/t25-,26-,27-,36-,37-,39-,40-/m0/s1. The molecular weight excluding hydrogens is 805 g/mol. The number of ether oxygens (including phenoxy) is 4. The fourth-order valence-corrected chi connectivity index (χ4v) is 9.55. The van der Waals surface area contributed by atoms with Gasteiger partial charge in [0.15, 0.2) is 0 Å². The average Bonchev–Trinajstić information content (AvgIpc) is 4.11. The molecule has 7 atom stereocenters. The van der Waals surface area contributed by atoms with Crippen molar-refractivity contribution in [1.82, 2.24) is 40.4 Å². The van der Waals surface area contributed by atoms with Crippen LogP contribution in [0.25, 0.3) is 44.2 Å². The van der Waals surface area contributed by atoms with Crippen molar-refractivity contribution >= 4 is 45.8 Å². The zero-order chi connectivity index (χ0) is 44.7. The number of likely N-dealkylation sites (tertiary alicyclic amines) is 2. The molecule has 16 heteroatoms. The van der Waals surface area contributed by atoms with E-state index in [0.29, 0.717) is 44.4 Å². The summed E-state index contributed by atoms with van der Waals surface area (Å²) in [5, 5.41) is 7.47.